The van der Waals surface area contributed by atoms with Crippen molar-refractivity contribution in [2.45, 2.75) is 6.05 Å². The molecule has 5 heteroatoms. The van der Waals surface area contributed by atoms with E-state index in [-0.39, 0.29) is 0 Å². The minimum Gasteiger partial charge on any atom is -0.539 e. The lowest BCUT2D eigenvalue weighted by Crippen LogP contribution is -2.59. The number of carboxylic acids is 1. The summed E-state index contributed by atoms with van der Waals surface area (Å²) in [4.78, 5) is 10.3. The molecule has 0 radical (unpaired) electrons. The summed E-state index contributed by atoms with van der Waals surface area (Å²) in [5.74, 6) is -2.42. The van der Waals surface area contributed by atoms with Crippen molar-refractivity contribution in [2.24, 2.45) is 0 Å². The minimum atomic E-state index is -4.04. The number of aromatic nitrogens is 1. The van der Waals surface area contributed by atoms with E-state index in [2.05, 4.69) is 0 Å². The van der Waals surface area contributed by atoms with Crippen LogP contribution in [-0.4, -0.2) is 5.97 Å². The first-order valence-corrected chi connectivity index (χ1v) is 4.51. The molecule has 0 unspecified atom stereocenters. The molecule has 0 fully saturated rings. The van der Waals surface area contributed by atoms with Gasteiger partial charge in [0.2, 0.25) is 0 Å². The number of fused-ring (bicyclic) bond motifs is 1. The van der Waals surface area contributed by atoms with Gasteiger partial charge >= 0.3 is 6.05 Å². The molecule has 82 valence electrons. The molecule has 0 spiro atoms. The number of aliphatic carboxylic acids is 1. The number of carboxylic acid groups (broad SMARTS) is 1. The molecule has 1 aromatic heterocycles. The number of carbonyl (C=O) groups is 1. The number of pyridine rings is 1. The second-order valence-corrected chi connectivity index (χ2v) is 3.31. The Morgan fingerprint density at radius 2 is 1.81 bits per heavy atom. The molecule has 1 heterocycles. The van der Waals surface area contributed by atoms with Crippen LogP contribution in [0.4, 0.5) is 8.78 Å². The van der Waals surface area contributed by atoms with Crippen molar-refractivity contribution in [3.63, 3.8) is 0 Å². The zero-order valence-corrected chi connectivity index (χ0v) is 8.06. The number of hydrogen-bond donors (Lipinski definition) is 0. The SMILES string of the molecule is O=C([O-])C(F)(F)[n+]1ccc2ccccc2c1. The Kier molecular flexibility index (Phi) is 2.30. The molecule has 0 N–H and O–H groups in total. The number of carbonyl (C=O) groups excluding carboxylic acids is 1. The van der Waals surface area contributed by atoms with Gasteiger partial charge < -0.3 is 9.90 Å². The number of hydrogen-bond acceptors (Lipinski definition) is 2. The fourth-order valence-electron chi connectivity index (χ4n) is 1.41. The molecule has 3 nitrogen and oxygen atoms in total. The average Bonchev–Trinajstić information content (AvgIpc) is 2.28. The number of halogens is 2. The highest BCUT2D eigenvalue weighted by Gasteiger charge is 2.42. The Bertz CT molecular complexity index is 554. The van der Waals surface area contributed by atoms with Crippen LogP contribution in [0.2, 0.25) is 0 Å². The second kappa shape index (κ2) is 3.52. The molecule has 0 aliphatic carbocycles. The first-order valence-electron chi connectivity index (χ1n) is 4.51. The van der Waals surface area contributed by atoms with E-state index in [4.69, 9.17) is 0 Å². The van der Waals surface area contributed by atoms with E-state index in [1.807, 2.05) is 0 Å². The Hall–Kier alpha value is -2.04. The van der Waals surface area contributed by atoms with Gasteiger partial charge in [-0.25, -0.2) is 0 Å². The van der Waals surface area contributed by atoms with Crippen molar-refractivity contribution >= 4 is 16.7 Å². The summed E-state index contributed by atoms with van der Waals surface area (Å²) >= 11 is 0. The highest BCUT2D eigenvalue weighted by molar-refractivity contribution is 5.80. The van der Waals surface area contributed by atoms with Crippen molar-refractivity contribution in [2.75, 3.05) is 0 Å². The van der Waals surface area contributed by atoms with Crippen molar-refractivity contribution in [1.29, 1.82) is 0 Å². The summed E-state index contributed by atoms with van der Waals surface area (Å²) in [6, 6.07) is 4.21. The summed E-state index contributed by atoms with van der Waals surface area (Å²) < 4.78 is 26.5. The van der Waals surface area contributed by atoms with Gasteiger partial charge in [0.15, 0.2) is 18.4 Å². The third-order valence-electron chi connectivity index (χ3n) is 2.26. The largest absolute Gasteiger partial charge is 0.539 e. The smallest absolute Gasteiger partial charge is 0.505 e. The van der Waals surface area contributed by atoms with Crippen LogP contribution in [0.5, 0.6) is 0 Å². The molecule has 0 bridgehead atoms. The lowest BCUT2D eigenvalue weighted by molar-refractivity contribution is -0.810. The summed E-state index contributed by atoms with van der Waals surface area (Å²) in [5, 5.41) is 11.6. The molecule has 1 aromatic carbocycles. The van der Waals surface area contributed by atoms with Crippen molar-refractivity contribution in [3.8, 4) is 0 Å². The van der Waals surface area contributed by atoms with Gasteiger partial charge in [-0.2, -0.15) is 0 Å². The number of alkyl halides is 2. The van der Waals surface area contributed by atoms with E-state index in [1.165, 1.54) is 6.07 Å². The van der Waals surface area contributed by atoms with Gasteiger partial charge in [0, 0.05) is 11.5 Å². The molecule has 2 rings (SSSR count). The van der Waals surface area contributed by atoms with Crippen LogP contribution in [0.1, 0.15) is 0 Å². The predicted octanol–water partition coefficient (Wildman–Crippen LogP) is 0.426. The van der Waals surface area contributed by atoms with Gasteiger partial charge in [0.1, 0.15) is 0 Å². The van der Waals surface area contributed by atoms with Gasteiger partial charge in [-0.3, -0.25) is 0 Å². The Morgan fingerprint density at radius 3 is 2.44 bits per heavy atom. The standard InChI is InChI=1S/C11H7F2NO2/c12-11(13,10(15)16)14-6-5-8-3-1-2-4-9(8)7-14/h1-7H. The maximum Gasteiger partial charge on any atom is 0.505 e. The van der Waals surface area contributed by atoms with Crippen LogP contribution in [0.15, 0.2) is 42.7 Å². The molecular weight excluding hydrogens is 216 g/mol. The van der Waals surface area contributed by atoms with Gasteiger partial charge in [-0.1, -0.05) is 18.2 Å². The third kappa shape index (κ3) is 1.60. The highest BCUT2D eigenvalue weighted by atomic mass is 19.3. The Morgan fingerprint density at radius 1 is 1.19 bits per heavy atom. The van der Waals surface area contributed by atoms with Crippen LogP contribution in [0.25, 0.3) is 10.8 Å². The Balaban J connectivity index is 2.59. The normalized spacial score (nSPS) is 11.6. The summed E-state index contributed by atoms with van der Waals surface area (Å²) in [5.41, 5.74) is 0. The molecule has 16 heavy (non-hydrogen) atoms. The fraction of sp³-hybridized carbons (Fsp3) is 0.0909. The average molecular weight is 223 g/mol. The molecule has 0 aliphatic rings. The molecule has 2 aromatic rings. The molecule has 0 saturated carbocycles. The van der Waals surface area contributed by atoms with E-state index in [0.29, 0.717) is 9.95 Å². The monoisotopic (exact) mass is 223 g/mol. The van der Waals surface area contributed by atoms with Crippen molar-refractivity contribution in [1.82, 2.24) is 0 Å². The third-order valence-corrected chi connectivity index (χ3v) is 2.26. The van der Waals surface area contributed by atoms with Gasteiger partial charge in [-0.05, 0) is 11.5 Å². The fourth-order valence-corrected chi connectivity index (χ4v) is 1.41. The maximum atomic E-state index is 13.1. The molecule has 0 atom stereocenters. The second-order valence-electron chi connectivity index (χ2n) is 3.31. The minimum absolute atomic E-state index is 0.324. The Labute approximate surface area is 89.6 Å². The highest BCUT2D eigenvalue weighted by Crippen LogP contribution is 2.15. The zero-order valence-electron chi connectivity index (χ0n) is 8.06. The summed E-state index contributed by atoms with van der Waals surface area (Å²) in [6.45, 7) is 0. The van der Waals surface area contributed by atoms with E-state index >= 15 is 0 Å². The van der Waals surface area contributed by atoms with Crippen LogP contribution >= 0.6 is 0 Å². The van der Waals surface area contributed by atoms with Gasteiger partial charge in [-0.15, -0.1) is 13.3 Å². The van der Waals surface area contributed by atoms with E-state index in [0.717, 1.165) is 17.8 Å². The summed E-state index contributed by atoms with van der Waals surface area (Å²) in [7, 11) is 0. The number of benzene rings is 1. The van der Waals surface area contributed by atoms with Crippen LogP contribution in [-0.2, 0) is 10.8 Å². The molecular formula is C11H7F2NO2. The first-order chi connectivity index (χ1) is 7.51. The van der Waals surface area contributed by atoms with E-state index in [1.54, 1.807) is 24.3 Å². The van der Waals surface area contributed by atoms with Crippen LogP contribution in [0.3, 0.4) is 0 Å². The first kappa shape index (κ1) is 10.5. The maximum absolute atomic E-state index is 13.1. The van der Waals surface area contributed by atoms with E-state index in [9.17, 15) is 18.7 Å². The van der Waals surface area contributed by atoms with Crippen molar-refractivity contribution < 1.29 is 23.2 Å². The topological polar surface area (TPSA) is 44.0 Å². The molecule has 0 saturated heterocycles. The number of nitrogens with zero attached hydrogens (tertiary/aromatic N) is 1. The van der Waals surface area contributed by atoms with Gasteiger partial charge in [0.05, 0.1) is 0 Å². The van der Waals surface area contributed by atoms with E-state index < -0.39 is 12.0 Å². The lowest BCUT2D eigenvalue weighted by Gasteiger charge is -2.11. The predicted molar refractivity (Wildman–Crippen MR) is 49.3 cm³/mol. The summed E-state index contributed by atoms with van der Waals surface area (Å²) in [6.07, 6.45) is 2.09. The zero-order chi connectivity index (χ0) is 11.8. The van der Waals surface area contributed by atoms with Crippen LogP contribution in [0, 0.1) is 0 Å². The van der Waals surface area contributed by atoms with Crippen molar-refractivity contribution in [3.05, 3.63) is 42.7 Å². The molecule has 0 amide bonds. The van der Waals surface area contributed by atoms with Gasteiger partial charge in [0.25, 0.3) is 0 Å². The number of rotatable bonds is 2. The molecule has 0 aliphatic heterocycles. The quantitative estimate of drug-likeness (QED) is 0.693. The van der Waals surface area contributed by atoms with Crippen LogP contribution < -0.4 is 9.67 Å². The lowest BCUT2D eigenvalue weighted by atomic mass is 10.2.